The van der Waals surface area contributed by atoms with E-state index in [2.05, 4.69) is 0 Å². The molecule has 0 amide bonds. The van der Waals surface area contributed by atoms with E-state index in [0.717, 1.165) is 23.3 Å². The molecule has 1 aliphatic rings. The van der Waals surface area contributed by atoms with Crippen molar-refractivity contribution in [1.82, 2.24) is 0 Å². The summed E-state index contributed by atoms with van der Waals surface area (Å²) in [6.45, 7) is 1.99. The summed E-state index contributed by atoms with van der Waals surface area (Å²) in [7, 11) is 0. The van der Waals surface area contributed by atoms with E-state index >= 15 is 0 Å². The molecule has 0 fully saturated rings. The van der Waals surface area contributed by atoms with Crippen LogP contribution in [0.4, 0.5) is 0 Å². The molecule has 1 atom stereocenters. The summed E-state index contributed by atoms with van der Waals surface area (Å²) >= 11 is 5.99. The van der Waals surface area contributed by atoms with Crippen molar-refractivity contribution in [3.8, 4) is 5.75 Å². The highest BCUT2D eigenvalue weighted by Crippen LogP contribution is 2.35. The Hall–Kier alpha value is -1.22. The number of carboxylic acids is 1. The number of carbonyl (C=O) groups is 1. The van der Waals surface area contributed by atoms with Crippen molar-refractivity contribution in [3.63, 3.8) is 0 Å². The van der Waals surface area contributed by atoms with Crippen molar-refractivity contribution >= 4 is 17.6 Å². The lowest BCUT2D eigenvalue weighted by atomic mass is 10.0. The molecule has 0 saturated heterocycles. The van der Waals surface area contributed by atoms with Gasteiger partial charge in [-0.2, -0.15) is 0 Å². The summed E-state index contributed by atoms with van der Waals surface area (Å²) in [5, 5.41) is 9.32. The van der Waals surface area contributed by atoms with E-state index in [1.807, 2.05) is 13.0 Å². The zero-order valence-corrected chi connectivity index (χ0v) is 9.75. The maximum atomic E-state index is 10.5. The molecule has 0 spiro atoms. The third-order valence-corrected chi connectivity index (χ3v) is 2.86. The molecule has 86 valence electrons. The molecule has 0 bridgehead atoms. The molecule has 1 heterocycles. The normalized spacial score (nSPS) is 18.0. The Balaban J connectivity index is 2.27. The first kappa shape index (κ1) is 11.3. The van der Waals surface area contributed by atoms with Gasteiger partial charge in [-0.3, -0.25) is 4.79 Å². The number of halogens is 1. The van der Waals surface area contributed by atoms with Crippen LogP contribution in [0.25, 0.3) is 0 Å². The Morgan fingerprint density at radius 1 is 1.62 bits per heavy atom. The smallest absolute Gasteiger partial charge is 0.303 e. The number of hydrogen-bond donors (Lipinski definition) is 1. The van der Waals surface area contributed by atoms with Gasteiger partial charge in [-0.1, -0.05) is 11.6 Å². The number of benzene rings is 1. The van der Waals surface area contributed by atoms with E-state index in [4.69, 9.17) is 21.4 Å². The SMILES string of the molecule is CC1Cc2cc(Cl)cc(CCC(=O)O)c2O1. The van der Waals surface area contributed by atoms with Crippen molar-refractivity contribution in [3.05, 3.63) is 28.3 Å². The molecule has 1 aliphatic heterocycles. The Bertz CT molecular complexity index is 429. The zero-order valence-electron chi connectivity index (χ0n) is 9.00. The van der Waals surface area contributed by atoms with Gasteiger partial charge in [0.05, 0.1) is 0 Å². The van der Waals surface area contributed by atoms with Gasteiger partial charge in [0.2, 0.25) is 0 Å². The molecule has 0 radical (unpaired) electrons. The number of ether oxygens (including phenoxy) is 1. The average Bonchev–Trinajstić information content (AvgIpc) is 2.54. The maximum Gasteiger partial charge on any atom is 0.303 e. The van der Waals surface area contributed by atoms with E-state index in [0.29, 0.717) is 11.4 Å². The van der Waals surface area contributed by atoms with Crippen LogP contribution in [0, 0.1) is 0 Å². The predicted octanol–water partition coefficient (Wildman–Crippen LogP) is 2.68. The van der Waals surface area contributed by atoms with Gasteiger partial charge in [0.25, 0.3) is 0 Å². The summed E-state index contributed by atoms with van der Waals surface area (Å²) in [5.41, 5.74) is 1.98. The van der Waals surface area contributed by atoms with Gasteiger partial charge < -0.3 is 9.84 Å². The predicted molar refractivity (Wildman–Crippen MR) is 61.2 cm³/mol. The van der Waals surface area contributed by atoms with Gasteiger partial charge in [0.1, 0.15) is 11.9 Å². The van der Waals surface area contributed by atoms with Crippen LogP contribution in [0.15, 0.2) is 12.1 Å². The van der Waals surface area contributed by atoms with Crippen LogP contribution in [0.1, 0.15) is 24.5 Å². The maximum absolute atomic E-state index is 10.5. The van der Waals surface area contributed by atoms with E-state index in [-0.39, 0.29) is 12.5 Å². The molecule has 0 saturated carbocycles. The first-order valence-corrected chi connectivity index (χ1v) is 5.64. The van der Waals surface area contributed by atoms with Crippen molar-refractivity contribution in [1.29, 1.82) is 0 Å². The standard InChI is InChI=1S/C12H13ClO3/c1-7-4-9-6-10(13)5-8(12(9)16-7)2-3-11(14)15/h5-7H,2-4H2,1H3,(H,14,15). The highest BCUT2D eigenvalue weighted by molar-refractivity contribution is 6.30. The van der Waals surface area contributed by atoms with E-state index < -0.39 is 5.97 Å². The molecule has 4 heteroatoms. The lowest BCUT2D eigenvalue weighted by molar-refractivity contribution is -0.136. The number of aliphatic carboxylic acids is 1. The first-order chi connectivity index (χ1) is 7.56. The van der Waals surface area contributed by atoms with Crippen LogP contribution in [-0.2, 0) is 17.6 Å². The van der Waals surface area contributed by atoms with E-state index in [1.165, 1.54) is 0 Å². The molecule has 1 aromatic rings. The Morgan fingerprint density at radius 2 is 2.38 bits per heavy atom. The monoisotopic (exact) mass is 240 g/mol. The number of aryl methyl sites for hydroxylation is 1. The van der Waals surface area contributed by atoms with E-state index in [1.54, 1.807) is 6.07 Å². The molecule has 16 heavy (non-hydrogen) atoms. The van der Waals surface area contributed by atoms with Gasteiger partial charge in [-0.15, -0.1) is 0 Å². The number of fused-ring (bicyclic) bond motifs is 1. The second-order valence-electron chi connectivity index (χ2n) is 4.08. The molecule has 0 aromatic heterocycles. The van der Waals surface area contributed by atoms with Gasteiger partial charge in [-0.05, 0) is 36.6 Å². The van der Waals surface area contributed by atoms with Gasteiger partial charge in [0.15, 0.2) is 0 Å². The third kappa shape index (κ3) is 2.30. The number of carboxylic acid groups (broad SMARTS) is 1. The summed E-state index contributed by atoms with van der Waals surface area (Å²) in [6.07, 6.45) is 1.56. The Kier molecular flexibility index (Phi) is 3.06. The fraction of sp³-hybridized carbons (Fsp3) is 0.417. The third-order valence-electron chi connectivity index (χ3n) is 2.64. The lowest BCUT2D eigenvalue weighted by Crippen LogP contribution is -2.06. The first-order valence-electron chi connectivity index (χ1n) is 5.26. The molecule has 2 rings (SSSR count). The van der Waals surface area contributed by atoms with Crippen LogP contribution in [0.3, 0.4) is 0 Å². The number of hydrogen-bond acceptors (Lipinski definition) is 2. The van der Waals surface area contributed by atoms with Crippen molar-refractivity contribution in [2.24, 2.45) is 0 Å². The zero-order chi connectivity index (χ0) is 11.7. The second kappa shape index (κ2) is 4.34. The van der Waals surface area contributed by atoms with Gasteiger partial charge >= 0.3 is 5.97 Å². The fourth-order valence-electron chi connectivity index (χ4n) is 1.99. The average molecular weight is 241 g/mol. The second-order valence-corrected chi connectivity index (χ2v) is 4.52. The largest absolute Gasteiger partial charge is 0.490 e. The van der Waals surface area contributed by atoms with Gasteiger partial charge in [0, 0.05) is 17.9 Å². The highest BCUT2D eigenvalue weighted by Gasteiger charge is 2.22. The summed E-state index contributed by atoms with van der Waals surface area (Å²) in [6, 6.07) is 3.69. The quantitative estimate of drug-likeness (QED) is 0.884. The van der Waals surface area contributed by atoms with Gasteiger partial charge in [-0.25, -0.2) is 0 Å². The lowest BCUT2D eigenvalue weighted by Gasteiger charge is -2.09. The molecule has 1 unspecified atom stereocenters. The molecule has 0 aliphatic carbocycles. The molecular formula is C12H13ClO3. The Morgan fingerprint density at radius 3 is 3.06 bits per heavy atom. The summed E-state index contributed by atoms with van der Waals surface area (Å²) in [4.78, 5) is 10.5. The molecule has 1 N–H and O–H groups in total. The minimum absolute atomic E-state index is 0.102. The highest BCUT2D eigenvalue weighted by atomic mass is 35.5. The Labute approximate surface area is 99.0 Å². The van der Waals surface area contributed by atoms with Crippen LogP contribution < -0.4 is 4.74 Å². The fourth-order valence-corrected chi connectivity index (χ4v) is 2.26. The molecular weight excluding hydrogens is 228 g/mol. The van der Waals surface area contributed by atoms with Crippen LogP contribution in [0.5, 0.6) is 5.75 Å². The van der Waals surface area contributed by atoms with Crippen molar-refractivity contribution in [2.45, 2.75) is 32.3 Å². The van der Waals surface area contributed by atoms with Crippen LogP contribution in [0.2, 0.25) is 5.02 Å². The summed E-state index contributed by atoms with van der Waals surface area (Å²) < 4.78 is 5.67. The van der Waals surface area contributed by atoms with Crippen molar-refractivity contribution < 1.29 is 14.6 Å². The van der Waals surface area contributed by atoms with Crippen molar-refractivity contribution in [2.75, 3.05) is 0 Å². The number of rotatable bonds is 3. The summed E-state index contributed by atoms with van der Waals surface area (Å²) in [5.74, 6) is 0.0259. The van der Waals surface area contributed by atoms with Crippen LogP contribution in [-0.4, -0.2) is 17.2 Å². The minimum atomic E-state index is -0.806. The van der Waals surface area contributed by atoms with Crippen LogP contribution >= 0.6 is 11.6 Å². The molecule has 1 aromatic carbocycles. The topological polar surface area (TPSA) is 46.5 Å². The van der Waals surface area contributed by atoms with E-state index in [9.17, 15) is 4.79 Å². The molecule has 3 nitrogen and oxygen atoms in total. The minimum Gasteiger partial charge on any atom is -0.490 e.